The number of rotatable bonds is 3. The molecule has 2 rings (SSSR count). The summed E-state index contributed by atoms with van der Waals surface area (Å²) in [5.41, 5.74) is 0. The number of carbonyl (C=O) groups excluding carboxylic acids is 2. The molecule has 0 aromatic carbocycles. The van der Waals surface area contributed by atoms with Crippen LogP contribution in [0.25, 0.3) is 0 Å². The average molecular weight is 236 g/mol. The third kappa shape index (κ3) is 2.94. The van der Waals surface area contributed by atoms with Crippen LogP contribution in [0.1, 0.15) is 23.2 Å². The number of amides is 1. The third-order valence-corrected chi connectivity index (χ3v) is 3.00. The lowest BCUT2D eigenvalue weighted by Gasteiger charge is -2.33. The van der Waals surface area contributed by atoms with Crippen molar-refractivity contribution in [3.63, 3.8) is 0 Å². The van der Waals surface area contributed by atoms with Gasteiger partial charge < -0.3 is 9.32 Å². The van der Waals surface area contributed by atoms with Crippen LogP contribution in [-0.2, 0) is 11.3 Å². The highest BCUT2D eigenvalue weighted by atomic mass is 16.3. The molecule has 0 spiro atoms. The van der Waals surface area contributed by atoms with E-state index in [1.165, 1.54) is 0 Å². The normalized spacial score (nSPS) is 17.1. The number of nitrogens with zero attached hydrogens (tertiary/aromatic N) is 2. The van der Waals surface area contributed by atoms with Gasteiger partial charge in [0.25, 0.3) is 0 Å². The molecule has 0 atom stereocenters. The largest absolute Gasteiger partial charge is 0.457 e. The Bertz CT molecular complexity index is 406. The van der Waals surface area contributed by atoms with E-state index in [0.717, 1.165) is 31.9 Å². The Hall–Kier alpha value is -1.62. The van der Waals surface area contributed by atoms with Crippen LogP contribution >= 0.6 is 0 Å². The molecule has 5 heteroatoms. The number of hydrogen-bond acceptors (Lipinski definition) is 4. The van der Waals surface area contributed by atoms with Crippen molar-refractivity contribution in [2.24, 2.45) is 0 Å². The van der Waals surface area contributed by atoms with Crippen LogP contribution in [0.4, 0.5) is 0 Å². The highest BCUT2D eigenvalue weighted by molar-refractivity contribution is 5.73. The highest BCUT2D eigenvalue weighted by Crippen LogP contribution is 2.11. The highest BCUT2D eigenvalue weighted by Gasteiger charge is 2.19. The van der Waals surface area contributed by atoms with Crippen molar-refractivity contribution in [2.45, 2.75) is 13.5 Å². The Kier molecular flexibility index (Phi) is 3.58. The third-order valence-electron chi connectivity index (χ3n) is 3.00. The zero-order valence-electron chi connectivity index (χ0n) is 9.89. The summed E-state index contributed by atoms with van der Waals surface area (Å²) < 4.78 is 5.32. The van der Waals surface area contributed by atoms with Gasteiger partial charge in [0.15, 0.2) is 12.0 Å². The van der Waals surface area contributed by atoms with Crippen LogP contribution < -0.4 is 0 Å². The van der Waals surface area contributed by atoms with Crippen LogP contribution in [0.15, 0.2) is 16.5 Å². The lowest BCUT2D eigenvalue weighted by molar-refractivity contribution is -0.130. The standard InChI is InChI=1S/C12H16N2O3/c1-10(16)14-6-4-13(5-7-14)8-11-2-3-12(9-15)17-11/h2-3,9H,4-8H2,1H3. The van der Waals surface area contributed by atoms with E-state index in [4.69, 9.17) is 4.42 Å². The molecule has 0 aliphatic carbocycles. The Morgan fingerprint density at radius 2 is 2.06 bits per heavy atom. The van der Waals surface area contributed by atoms with Gasteiger partial charge in [-0.15, -0.1) is 0 Å². The van der Waals surface area contributed by atoms with Crippen LogP contribution in [0.5, 0.6) is 0 Å². The van der Waals surface area contributed by atoms with E-state index < -0.39 is 0 Å². The Labute approximate surface area is 100.0 Å². The van der Waals surface area contributed by atoms with E-state index in [-0.39, 0.29) is 5.91 Å². The smallest absolute Gasteiger partial charge is 0.219 e. The maximum atomic E-state index is 11.2. The van der Waals surface area contributed by atoms with E-state index in [2.05, 4.69) is 4.90 Å². The predicted molar refractivity (Wildman–Crippen MR) is 61.6 cm³/mol. The molecule has 1 saturated heterocycles. The topological polar surface area (TPSA) is 53.8 Å². The number of aldehydes is 1. The molecule has 2 heterocycles. The zero-order valence-corrected chi connectivity index (χ0v) is 9.89. The summed E-state index contributed by atoms with van der Waals surface area (Å²) in [6.45, 7) is 5.50. The second kappa shape index (κ2) is 5.14. The fourth-order valence-electron chi connectivity index (χ4n) is 1.98. The maximum absolute atomic E-state index is 11.2. The molecule has 17 heavy (non-hydrogen) atoms. The minimum atomic E-state index is 0.130. The molecule has 1 amide bonds. The van der Waals surface area contributed by atoms with E-state index in [1.54, 1.807) is 13.0 Å². The van der Waals surface area contributed by atoms with Crippen LogP contribution in [-0.4, -0.2) is 48.2 Å². The molecule has 1 aromatic rings. The van der Waals surface area contributed by atoms with Gasteiger partial charge in [0.2, 0.25) is 5.91 Å². The first-order valence-electron chi connectivity index (χ1n) is 5.71. The van der Waals surface area contributed by atoms with Gasteiger partial charge in [0.05, 0.1) is 6.54 Å². The van der Waals surface area contributed by atoms with E-state index in [9.17, 15) is 9.59 Å². The first kappa shape index (κ1) is 11.9. The van der Waals surface area contributed by atoms with Crippen LogP contribution in [0.2, 0.25) is 0 Å². The van der Waals surface area contributed by atoms with Crippen LogP contribution in [0, 0.1) is 0 Å². The van der Waals surface area contributed by atoms with E-state index >= 15 is 0 Å². The van der Waals surface area contributed by atoms with Crippen molar-refractivity contribution in [2.75, 3.05) is 26.2 Å². The second-order valence-electron chi connectivity index (χ2n) is 4.20. The maximum Gasteiger partial charge on any atom is 0.219 e. The Morgan fingerprint density at radius 3 is 2.59 bits per heavy atom. The SMILES string of the molecule is CC(=O)N1CCN(Cc2ccc(C=O)o2)CC1. The first-order valence-corrected chi connectivity index (χ1v) is 5.71. The van der Waals surface area contributed by atoms with Gasteiger partial charge >= 0.3 is 0 Å². The van der Waals surface area contributed by atoms with Crippen molar-refractivity contribution < 1.29 is 14.0 Å². The monoisotopic (exact) mass is 236 g/mol. The van der Waals surface area contributed by atoms with Crippen molar-refractivity contribution in [3.05, 3.63) is 23.7 Å². The summed E-state index contributed by atoms with van der Waals surface area (Å²) in [4.78, 5) is 25.7. The molecule has 1 aliphatic rings. The molecule has 1 fully saturated rings. The van der Waals surface area contributed by atoms with Gasteiger partial charge in [-0.1, -0.05) is 0 Å². The van der Waals surface area contributed by atoms with E-state index in [1.807, 2.05) is 11.0 Å². The minimum absolute atomic E-state index is 0.130. The molecule has 5 nitrogen and oxygen atoms in total. The molecule has 0 bridgehead atoms. The summed E-state index contributed by atoms with van der Waals surface area (Å²) >= 11 is 0. The molecule has 1 aliphatic heterocycles. The number of furan rings is 1. The summed E-state index contributed by atoms with van der Waals surface area (Å²) in [7, 11) is 0. The molecule has 1 aromatic heterocycles. The van der Waals surface area contributed by atoms with Gasteiger partial charge in [0.1, 0.15) is 5.76 Å². The summed E-state index contributed by atoms with van der Waals surface area (Å²) in [6, 6.07) is 3.50. The molecular weight excluding hydrogens is 220 g/mol. The quantitative estimate of drug-likeness (QED) is 0.727. The molecule has 0 N–H and O–H groups in total. The molecule has 0 unspecified atom stereocenters. The Balaban J connectivity index is 1.85. The summed E-state index contributed by atoms with van der Waals surface area (Å²) in [5.74, 6) is 1.29. The predicted octanol–water partition coefficient (Wildman–Crippen LogP) is 0.756. The van der Waals surface area contributed by atoms with Crippen LogP contribution in [0.3, 0.4) is 0 Å². The number of piperazine rings is 1. The van der Waals surface area contributed by atoms with Gasteiger partial charge in [0, 0.05) is 33.1 Å². The van der Waals surface area contributed by atoms with Crippen molar-refractivity contribution in [1.82, 2.24) is 9.80 Å². The lowest BCUT2D eigenvalue weighted by Crippen LogP contribution is -2.47. The average Bonchev–Trinajstić information content (AvgIpc) is 2.77. The fraction of sp³-hybridized carbons (Fsp3) is 0.500. The first-order chi connectivity index (χ1) is 8.19. The van der Waals surface area contributed by atoms with Gasteiger partial charge in [-0.3, -0.25) is 14.5 Å². The second-order valence-corrected chi connectivity index (χ2v) is 4.20. The van der Waals surface area contributed by atoms with Crippen molar-refractivity contribution in [3.8, 4) is 0 Å². The minimum Gasteiger partial charge on any atom is -0.457 e. The molecular formula is C12H16N2O3. The fourth-order valence-corrected chi connectivity index (χ4v) is 1.98. The van der Waals surface area contributed by atoms with E-state index in [0.29, 0.717) is 18.6 Å². The zero-order chi connectivity index (χ0) is 12.3. The number of carbonyl (C=O) groups is 2. The molecule has 92 valence electrons. The summed E-state index contributed by atoms with van der Waals surface area (Å²) in [5, 5.41) is 0. The summed E-state index contributed by atoms with van der Waals surface area (Å²) in [6.07, 6.45) is 0.706. The molecule has 0 radical (unpaired) electrons. The Morgan fingerprint density at radius 1 is 1.35 bits per heavy atom. The van der Waals surface area contributed by atoms with Crippen molar-refractivity contribution >= 4 is 12.2 Å². The lowest BCUT2D eigenvalue weighted by atomic mass is 10.3. The number of hydrogen-bond donors (Lipinski definition) is 0. The van der Waals surface area contributed by atoms with Gasteiger partial charge in [-0.05, 0) is 12.1 Å². The van der Waals surface area contributed by atoms with Gasteiger partial charge in [-0.25, -0.2) is 0 Å². The van der Waals surface area contributed by atoms with Gasteiger partial charge in [-0.2, -0.15) is 0 Å². The molecule has 0 saturated carbocycles. The van der Waals surface area contributed by atoms with Crippen molar-refractivity contribution in [1.29, 1.82) is 0 Å².